The summed E-state index contributed by atoms with van der Waals surface area (Å²) in [6.07, 6.45) is 0. The minimum Gasteiger partial charge on any atom is -0.345 e. The van der Waals surface area contributed by atoms with Crippen LogP contribution in [-0.2, 0) is 0 Å². The van der Waals surface area contributed by atoms with E-state index in [1.165, 1.54) is 11.1 Å². The maximum absolute atomic E-state index is 4.04. The van der Waals surface area contributed by atoms with Crippen LogP contribution in [0.5, 0.6) is 0 Å². The zero-order valence-corrected chi connectivity index (χ0v) is 13.8. The summed E-state index contributed by atoms with van der Waals surface area (Å²) in [6, 6.07) is 27.0. The first-order chi connectivity index (χ1) is 12.3. The molecular formula is C20H17N5. The smallest absolute Gasteiger partial charge is 0.204 e. The van der Waals surface area contributed by atoms with Crippen molar-refractivity contribution in [3.63, 3.8) is 0 Å². The van der Waals surface area contributed by atoms with E-state index in [0.717, 1.165) is 16.9 Å². The summed E-state index contributed by atoms with van der Waals surface area (Å²) in [5, 5.41) is 14.2. The number of anilines is 2. The molecule has 0 atom stereocenters. The van der Waals surface area contributed by atoms with Gasteiger partial charge in [0.1, 0.15) is 0 Å². The highest BCUT2D eigenvalue weighted by molar-refractivity contribution is 5.71. The van der Waals surface area contributed by atoms with E-state index < -0.39 is 0 Å². The molecule has 0 spiro atoms. The molecule has 1 aromatic heterocycles. The average Bonchev–Trinajstić information content (AvgIpc) is 3.23. The van der Waals surface area contributed by atoms with Gasteiger partial charge in [0.05, 0.1) is 0 Å². The zero-order valence-electron chi connectivity index (χ0n) is 13.8. The van der Waals surface area contributed by atoms with Gasteiger partial charge in [-0.15, -0.1) is 10.2 Å². The average molecular weight is 327 g/mol. The summed E-state index contributed by atoms with van der Waals surface area (Å²) in [5.41, 5.74) is 5.54. The van der Waals surface area contributed by atoms with E-state index in [4.69, 9.17) is 0 Å². The summed E-state index contributed by atoms with van der Waals surface area (Å²) in [5.74, 6) is 0.592. The van der Waals surface area contributed by atoms with Crippen molar-refractivity contribution in [2.45, 2.75) is 0 Å². The molecule has 0 aliphatic rings. The largest absolute Gasteiger partial charge is 0.345 e. The minimum atomic E-state index is 0.592. The van der Waals surface area contributed by atoms with Gasteiger partial charge in [0.25, 0.3) is 0 Å². The number of rotatable bonds is 4. The molecule has 0 saturated carbocycles. The van der Waals surface area contributed by atoms with Crippen LogP contribution in [0.15, 0.2) is 78.9 Å². The number of H-pyrrole nitrogens is 1. The molecule has 0 fully saturated rings. The molecule has 0 amide bonds. The van der Waals surface area contributed by atoms with Gasteiger partial charge in [0.15, 0.2) is 0 Å². The number of aromatic amines is 1. The third-order valence-electron chi connectivity index (χ3n) is 4.20. The molecule has 25 heavy (non-hydrogen) atoms. The molecule has 0 bridgehead atoms. The van der Waals surface area contributed by atoms with Gasteiger partial charge < -0.3 is 4.90 Å². The molecule has 4 aromatic rings. The minimum absolute atomic E-state index is 0.592. The van der Waals surface area contributed by atoms with E-state index in [9.17, 15) is 0 Å². The summed E-state index contributed by atoms with van der Waals surface area (Å²) in [4.78, 5) is 2.14. The van der Waals surface area contributed by atoms with E-state index in [1.54, 1.807) is 0 Å². The first-order valence-electron chi connectivity index (χ1n) is 8.04. The van der Waals surface area contributed by atoms with Crippen molar-refractivity contribution >= 4 is 11.4 Å². The predicted molar refractivity (Wildman–Crippen MR) is 99.6 cm³/mol. The van der Waals surface area contributed by atoms with Crippen LogP contribution in [0.1, 0.15) is 0 Å². The summed E-state index contributed by atoms with van der Waals surface area (Å²) in [7, 11) is 2.05. The molecule has 0 saturated heterocycles. The first-order valence-corrected chi connectivity index (χ1v) is 8.04. The topological polar surface area (TPSA) is 57.7 Å². The van der Waals surface area contributed by atoms with Crippen LogP contribution < -0.4 is 4.90 Å². The Bertz CT molecular complexity index is 947. The van der Waals surface area contributed by atoms with Gasteiger partial charge in [-0.05, 0) is 40.6 Å². The number of nitrogens with zero attached hydrogens (tertiary/aromatic N) is 4. The normalized spacial score (nSPS) is 10.6. The van der Waals surface area contributed by atoms with Crippen molar-refractivity contribution < 1.29 is 0 Å². The zero-order chi connectivity index (χ0) is 17.1. The predicted octanol–water partition coefficient (Wildman–Crippen LogP) is 4.30. The maximum atomic E-state index is 4.04. The van der Waals surface area contributed by atoms with Crippen molar-refractivity contribution in [1.29, 1.82) is 0 Å². The Morgan fingerprint density at radius 2 is 1.44 bits per heavy atom. The van der Waals surface area contributed by atoms with Crippen LogP contribution in [0.4, 0.5) is 11.4 Å². The van der Waals surface area contributed by atoms with E-state index >= 15 is 0 Å². The van der Waals surface area contributed by atoms with Crippen LogP contribution in [0.2, 0.25) is 0 Å². The van der Waals surface area contributed by atoms with Crippen molar-refractivity contribution in [2.75, 3.05) is 11.9 Å². The fraction of sp³-hybridized carbons (Fsp3) is 0.0500. The number of benzene rings is 3. The lowest BCUT2D eigenvalue weighted by atomic mass is 10.1. The Balaban J connectivity index is 1.61. The Morgan fingerprint density at radius 1 is 0.720 bits per heavy atom. The third kappa shape index (κ3) is 3.12. The van der Waals surface area contributed by atoms with Crippen LogP contribution in [-0.4, -0.2) is 27.7 Å². The second-order valence-corrected chi connectivity index (χ2v) is 5.76. The van der Waals surface area contributed by atoms with Crippen molar-refractivity contribution in [3.8, 4) is 22.5 Å². The number of nitrogens with one attached hydrogen (secondary N) is 1. The molecule has 3 aromatic carbocycles. The highest BCUT2D eigenvalue weighted by Crippen LogP contribution is 2.29. The second kappa shape index (κ2) is 6.57. The van der Waals surface area contributed by atoms with Gasteiger partial charge in [0, 0.05) is 24.0 Å². The molecule has 0 aliphatic carbocycles. The van der Waals surface area contributed by atoms with Gasteiger partial charge >= 0.3 is 0 Å². The van der Waals surface area contributed by atoms with E-state index in [0.29, 0.717) is 5.82 Å². The molecule has 122 valence electrons. The lowest BCUT2D eigenvalue weighted by Gasteiger charge is -2.20. The lowest BCUT2D eigenvalue weighted by Crippen LogP contribution is -2.09. The van der Waals surface area contributed by atoms with Crippen molar-refractivity contribution in [3.05, 3.63) is 78.9 Å². The van der Waals surface area contributed by atoms with Gasteiger partial charge in [-0.1, -0.05) is 54.6 Å². The molecule has 1 N–H and O–H groups in total. The molecule has 5 nitrogen and oxygen atoms in total. The standard InChI is InChI=1S/C20H17N5/c1-25(19-9-5-8-17(14-19)20-21-23-24-22-20)18-12-10-16(11-13-18)15-6-3-2-4-7-15/h2-14H,1H3,(H,21,22,23,24). The molecule has 4 rings (SSSR count). The van der Waals surface area contributed by atoms with Gasteiger partial charge in [0.2, 0.25) is 5.82 Å². The number of aromatic nitrogens is 4. The van der Waals surface area contributed by atoms with Crippen LogP contribution in [0, 0.1) is 0 Å². The SMILES string of the molecule is CN(c1ccc(-c2ccccc2)cc1)c1cccc(-c2nn[nH]n2)c1. The quantitative estimate of drug-likeness (QED) is 0.607. The highest BCUT2D eigenvalue weighted by atomic mass is 15.5. The first kappa shape index (κ1) is 15.1. The third-order valence-corrected chi connectivity index (χ3v) is 4.20. The Morgan fingerprint density at radius 3 is 2.16 bits per heavy atom. The summed E-state index contributed by atoms with van der Waals surface area (Å²) in [6.45, 7) is 0. The van der Waals surface area contributed by atoms with Crippen LogP contribution in [0.3, 0.4) is 0 Å². The number of tetrazole rings is 1. The molecule has 5 heteroatoms. The second-order valence-electron chi connectivity index (χ2n) is 5.76. The molecular weight excluding hydrogens is 310 g/mol. The Kier molecular flexibility index (Phi) is 3.96. The van der Waals surface area contributed by atoms with Gasteiger partial charge in [-0.2, -0.15) is 5.21 Å². The fourth-order valence-corrected chi connectivity index (χ4v) is 2.79. The lowest BCUT2D eigenvalue weighted by molar-refractivity contribution is 0.881. The van der Waals surface area contributed by atoms with Crippen molar-refractivity contribution in [2.24, 2.45) is 0 Å². The molecule has 0 unspecified atom stereocenters. The summed E-state index contributed by atoms with van der Waals surface area (Å²) < 4.78 is 0. The van der Waals surface area contributed by atoms with Crippen LogP contribution >= 0.6 is 0 Å². The number of hydrogen-bond acceptors (Lipinski definition) is 4. The Hall–Kier alpha value is -3.47. The molecule has 0 radical (unpaired) electrons. The van der Waals surface area contributed by atoms with E-state index in [2.05, 4.69) is 86.2 Å². The van der Waals surface area contributed by atoms with Crippen LogP contribution in [0.25, 0.3) is 22.5 Å². The summed E-state index contributed by atoms with van der Waals surface area (Å²) >= 11 is 0. The number of hydrogen-bond donors (Lipinski definition) is 1. The fourth-order valence-electron chi connectivity index (χ4n) is 2.79. The molecule has 1 heterocycles. The van der Waals surface area contributed by atoms with E-state index in [-0.39, 0.29) is 0 Å². The Labute approximate surface area is 146 Å². The monoisotopic (exact) mass is 327 g/mol. The van der Waals surface area contributed by atoms with Gasteiger partial charge in [-0.25, -0.2) is 0 Å². The highest BCUT2D eigenvalue weighted by Gasteiger charge is 2.08. The van der Waals surface area contributed by atoms with E-state index in [1.807, 2.05) is 25.2 Å². The molecule has 0 aliphatic heterocycles. The van der Waals surface area contributed by atoms with Gasteiger partial charge in [-0.3, -0.25) is 0 Å². The maximum Gasteiger partial charge on any atom is 0.204 e. The van der Waals surface area contributed by atoms with Crippen molar-refractivity contribution in [1.82, 2.24) is 20.6 Å².